The number of thioether (sulfide) groups is 1. The van der Waals surface area contributed by atoms with E-state index in [1.54, 1.807) is 0 Å². The van der Waals surface area contributed by atoms with Crippen molar-refractivity contribution in [1.82, 2.24) is 47.6 Å². The molecule has 2 unspecified atom stereocenters. The van der Waals surface area contributed by atoms with E-state index in [4.69, 9.17) is 28.5 Å². The zero-order valence-electron chi connectivity index (χ0n) is 56.6. The summed E-state index contributed by atoms with van der Waals surface area (Å²) in [5, 5.41) is 42.7. The number of aliphatic imine (C=N–C) groups is 1. The first-order valence-electron chi connectivity index (χ1n) is 34.4. The summed E-state index contributed by atoms with van der Waals surface area (Å²) < 4.78 is 28.2. The molecule has 5 rings (SSSR count). The lowest BCUT2D eigenvalue weighted by Gasteiger charge is -2.30. The van der Waals surface area contributed by atoms with Crippen LogP contribution in [-0.2, 0) is 76.5 Å². The molecule has 4 aliphatic heterocycles. The van der Waals surface area contributed by atoms with Gasteiger partial charge >= 0.3 is 12.0 Å². The van der Waals surface area contributed by atoms with Crippen LogP contribution in [0.4, 0.5) is 4.79 Å². The molecule has 0 spiro atoms. The van der Waals surface area contributed by atoms with Crippen LogP contribution < -0.4 is 42.5 Å². The number of unbranched alkanes of at least 4 members (excludes halogenated alkanes) is 5. The highest BCUT2D eigenvalue weighted by Crippen LogP contribution is 2.37. The highest BCUT2D eigenvalue weighted by Gasteiger charge is 2.43. The SMILES string of the molecule is CC1(C)CC(=O)C(C(CCCCC(=O)NCCCC[C@H](NC(=O)CCC(=O)NCCCCCC(=O)ON2C(=O)CCC2=O)C(=O)NCCCOCCOCCOCCCNC(=O)CCCCC2SCC3NC(=O)N[C@@H]32)=NCCOCCOCCNC(=O)CCC2(C)N=N2)=C(O)C1. The molecule has 31 heteroatoms. The van der Waals surface area contributed by atoms with Crippen molar-refractivity contribution in [2.45, 2.75) is 210 Å². The van der Waals surface area contributed by atoms with Gasteiger partial charge in [-0.05, 0) is 89.4 Å². The molecule has 5 aliphatic rings. The molecule has 0 radical (unpaired) electrons. The number of nitrogens with zero attached hydrogens (tertiary/aromatic N) is 4. The predicted octanol–water partition coefficient (Wildman–Crippen LogP) is 3.92. The van der Waals surface area contributed by atoms with Crippen molar-refractivity contribution in [3.63, 3.8) is 0 Å². The molecule has 3 saturated heterocycles. The number of hydrogen-bond acceptors (Lipinski definition) is 22. The van der Waals surface area contributed by atoms with Gasteiger partial charge in [0, 0.05) is 133 Å². The van der Waals surface area contributed by atoms with Gasteiger partial charge in [-0.1, -0.05) is 26.7 Å². The van der Waals surface area contributed by atoms with Crippen molar-refractivity contribution in [1.29, 1.82) is 0 Å². The Balaban J connectivity index is 0.931. The van der Waals surface area contributed by atoms with Crippen molar-refractivity contribution in [3.05, 3.63) is 11.3 Å². The number of Topliss-reactive ketones (excluding diaryl/α,β-unsaturated/α-hetero) is 1. The largest absolute Gasteiger partial charge is 0.511 e. The maximum Gasteiger partial charge on any atom is 0.333 e. The first-order valence-corrected chi connectivity index (χ1v) is 35.5. The van der Waals surface area contributed by atoms with Crippen molar-refractivity contribution < 1.29 is 86.4 Å². The molecule has 540 valence electrons. The molecule has 96 heavy (non-hydrogen) atoms. The monoisotopic (exact) mass is 1370 g/mol. The van der Waals surface area contributed by atoms with Gasteiger partial charge in [0.15, 0.2) is 11.4 Å². The van der Waals surface area contributed by atoms with Crippen LogP contribution in [0.3, 0.4) is 0 Å². The number of nitrogens with one attached hydrogen (secondary N) is 8. The molecule has 0 bridgehead atoms. The lowest BCUT2D eigenvalue weighted by atomic mass is 9.75. The average molecular weight is 1380 g/mol. The van der Waals surface area contributed by atoms with Crippen molar-refractivity contribution in [2.24, 2.45) is 20.6 Å². The molecule has 9 N–H and O–H groups in total. The molecule has 10 amide bonds. The Morgan fingerprint density at radius 1 is 0.583 bits per heavy atom. The second-order valence-corrected chi connectivity index (χ2v) is 26.8. The minimum atomic E-state index is -0.919. The summed E-state index contributed by atoms with van der Waals surface area (Å²) >= 11 is 1.88. The second kappa shape index (κ2) is 45.0. The van der Waals surface area contributed by atoms with E-state index in [1.165, 1.54) is 0 Å². The third-order valence-corrected chi connectivity index (χ3v) is 17.9. The van der Waals surface area contributed by atoms with Gasteiger partial charge in [0.25, 0.3) is 11.8 Å². The summed E-state index contributed by atoms with van der Waals surface area (Å²) in [6.45, 7) is 11.2. The Kier molecular flexibility index (Phi) is 37.5. The number of aliphatic hydroxyl groups is 1. The molecular weight excluding hydrogens is 1270 g/mol. The van der Waals surface area contributed by atoms with Gasteiger partial charge in [-0.2, -0.15) is 22.0 Å². The number of allylic oxidation sites excluding steroid dienone is 2. The Bertz CT molecular complexity index is 2620. The molecule has 1 aliphatic carbocycles. The maximum absolute atomic E-state index is 13.5. The minimum Gasteiger partial charge on any atom is -0.511 e. The molecule has 0 aromatic carbocycles. The smallest absolute Gasteiger partial charge is 0.333 e. The normalized spacial score (nSPS) is 18.8. The van der Waals surface area contributed by atoms with Crippen LogP contribution >= 0.6 is 11.8 Å². The van der Waals surface area contributed by atoms with Crippen LogP contribution in [0.5, 0.6) is 0 Å². The average Bonchev–Trinajstić information content (AvgIpc) is 0.976. The van der Waals surface area contributed by atoms with E-state index in [0.717, 1.165) is 25.0 Å². The maximum atomic E-state index is 13.5. The quantitative estimate of drug-likeness (QED) is 0.0180. The first-order chi connectivity index (χ1) is 46.2. The summed E-state index contributed by atoms with van der Waals surface area (Å²) in [4.78, 5) is 146. The summed E-state index contributed by atoms with van der Waals surface area (Å²) in [7, 11) is 0. The number of hydroxylamine groups is 2. The van der Waals surface area contributed by atoms with Crippen LogP contribution in [0.1, 0.15) is 181 Å². The lowest BCUT2D eigenvalue weighted by Crippen LogP contribution is -2.47. The molecule has 30 nitrogen and oxygen atoms in total. The zero-order valence-corrected chi connectivity index (χ0v) is 57.4. The standard InChI is InChI=1S/C65H106N12O18S/c1-64(2)43-49(78)60(50(79)44-64)46(66-31-35-92-39-40-93-36-32-70-55(83)25-26-65(3)75-76-65)15-6-8-18-52(80)67-28-12-10-16-47(72-56(84)22-21-54(82)68-27-11-4-5-20-59(87)95-77-57(85)23-24-58(77)86)62(88)71-30-14-34-91-38-42-94-41-37-90-33-13-29-69-53(81)19-9-7-17-51-61-48(45-96-51)73-63(89)74-61/h47-48,51,61,78H,4-45H2,1-3H3,(H,67,80)(H,68,82)(H,69,81)(H,70,83)(H,71,88)(H,72,84)(H2,73,74,89)/t47-,48?,51?,61-/m0/s1. The minimum absolute atomic E-state index is 0.00497. The molecule has 0 aromatic heterocycles. The number of carbonyl (C=O) groups excluding carboxylic acids is 11. The van der Waals surface area contributed by atoms with Crippen LogP contribution in [0.25, 0.3) is 0 Å². The summed E-state index contributed by atoms with van der Waals surface area (Å²) in [5.41, 5.74) is -0.0875. The van der Waals surface area contributed by atoms with E-state index < -0.39 is 46.7 Å². The van der Waals surface area contributed by atoms with Gasteiger partial charge < -0.3 is 76.2 Å². The first kappa shape index (κ1) is 80.0. The number of hydrogen-bond donors (Lipinski definition) is 9. The number of urea groups is 1. The number of aliphatic hydroxyl groups excluding tert-OH is 1. The fourth-order valence-corrected chi connectivity index (χ4v) is 12.5. The Morgan fingerprint density at radius 2 is 1.12 bits per heavy atom. The van der Waals surface area contributed by atoms with Crippen LogP contribution in [0.2, 0.25) is 0 Å². The number of imide groups is 1. The van der Waals surface area contributed by atoms with Gasteiger partial charge in [0.1, 0.15) is 11.8 Å². The third-order valence-electron chi connectivity index (χ3n) is 16.4. The number of ketones is 1. The summed E-state index contributed by atoms with van der Waals surface area (Å²) in [5.74, 6) is -2.56. The van der Waals surface area contributed by atoms with Crippen LogP contribution in [0.15, 0.2) is 26.6 Å². The van der Waals surface area contributed by atoms with E-state index in [0.29, 0.717) is 192 Å². The highest BCUT2D eigenvalue weighted by molar-refractivity contribution is 8.00. The molecule has 0 saturated carbocycles. The number of amides is 10. The van der Waals surface area contributed by atoms with Crippen molar-refractivity contribution in [3.8, 4) is 0 Å². The number of carbonyl (C=O) groups is 11. The molecule has 0 aromatic rings. The molecular formula is C65H106N12O18S. The van der Waals surface area contributed by atoms with Gasteiger partial charge in [-0.15, -0.1) is 5.06 Å². The second-order valence-electron chi connectivity index (χ2n) is 25.5. The van der Waals surface area contributed by atoms with Gasteiger partial charge in [-0.25, -0.2) is 9.59 Å². The van der Waals surface area contributed by atoms with E-state index in [2.05, 4.69) is 57.8 Å². The Hall–Kier alpha value is -6.67. The number of rotatable bonds is 54. The van der Waals surface area contributed by atoms with E-state index >= 15 is 0 Å². The fraction of sp³-hybridized carbons (Fsp3) is 0.785. The molecule has 4 atom stereocenters. The van der Waals surface area contributed by atoms with Crippen LogP contribution in [0, 0.1) is 5.41 Å². The Morgan fingerprint density at radius 3 is 1.78 bits per heavy atom. The number of ether oxygens (including phenoxy) is 5. The lowest BCUT2D eigenvalue weighted by molar-refractivity contribution is -0.197. The van der Waals surface area contributed by atoms with Gasteiger partial charge in [0.05, 0.1) is 77.1 Å². The van der Waals surface area contributed by atoms with Crippen molar-refractivity contribution in [2.75, 3.05) is 111 Å². The predicted molar refractivity (Wildman–Crippen MR) is 354 cm³/mol. The topological polar surface area (TPSA) is 400 Å². The fourth-order valence-electron chi connectivity index (χ4n) is 11.0. The summed E-state index contributed by atoms with van der Waals surface area (Å²) in [6.07, 6.45) is 9.87. The van der Waals surface area contributed by atoms with Gasteiger partial charge in [-0.3, -0.25) is 48.1 Å². The van der Waals surface area contributed by atoms with E-state index in [9.17, 15) is 57.8 Å². The third kappa shape index (κ3) is 33.5. The van der Waals surface area contributed by atoms with Crippen molar-refractivity contribution >= 4 is 82.5 Å². The van der Waals surface area contributed by atoms with E-state index in [-0.39, 0.29) is 130 Å². The summed E-state index contributed by atoms with van der Waals surface area (Å²) in [6, 6.07) is -0.628. The highest BCUT2D eigenvalue weighted by atomic mass is 32.2. The zero-order chi connectivity index (χ0) is 69.4. The molecule has 4 heterocycles. The van der Waals surface area contributed by atoms with Gasteiger partial charge in [0.2, 0.25) is 35.4 Å². The van der Waals surface area contributed by atoms with E-state index in [1.807, 2.05) is 32.5 Å². The number of fused-ring (bicyclic) bond motifs is 1. The molecule has 3 fully saturated rings. The Labute approximate surface area is 567 Å². The van der Waals surface area contributed by atoms with Crippen LogP contribution in [-0.4, -0.2) is 221 Å².